The highest BCUT2D eigenvalue weighted by Gasteiger charge is 2.30. The molecule has 1 aromatic rings. The first-order chi connectivity index (χ1) is 10.8. The lowest BCUT2D eigenvalue weighted by Crippen LogP contribution is -3.14. The van der Waals surface area contributed by atoms with Gasteiger partial charge in [0.1, 0.15) is 0 Å². The lowest BCUT2D eigenvalue weighted by molar-refractivity contribution is -0.881. The molecule has 0 saturated carbocycles. The molecule has 1 atom stereocenters. The number of hydrogen-bond acceptors (Lipinski definition) is 2. The predicted octanol–water partition coefficient (Wildman–Crippen LogP) is 0.685. The number of carbonyl (C=O) groups excluding carboxylic acids is 2. The highest BCUT2D eigenvalue weighted by Crippen LogP contribution is 2.29. The van der Waals surface area contributed by atoms with Crippen molar-refractivity contribution in [2.45, 2.75) is 20.0 Å². The van der Waals surface area contributed by atoms with Crippen LogP contribution in [0.4, 0.5) is 18.9 Å². The van der Waals surface area contributed by atoms with E-state index in [9.17, 15) is 22.8 Å². The Morgan fingerprint density at radius 3 is 2.09 bits per heavy atom. The quantitative estimate of drug-likeness (QED) is 0.688. The molecular weight excluding hydrogens is 311 g/mol. The summed E-state index contributed by atoms with van der Waals surface area (Å²) in [5, 5.41) is 5.19. The van der Waals surface area contributed by atoms with Crippen molar-refractivity contribution in [1.82, 2.24) is 5.32 Å². The third kappa shape index (κ3) is 6.68. The van der Waals surface area contributed by atoms with Crippen molar-refractivity contribution in [2.24, 2.45) is 0 Å². The van der Waals surface area contributed by atoms with Gasteiger partial charge in [0.15, 0.2) is 13.1 Å². The van der Waals surface area contributed by atoms with E-state index in [-0.39, 0.29) is 30.6 Å². The first kappa shape index (κ1) is 19.0. The maximum atomic E-state index is 12.5. The van der Waals surface area contributed by atoms with Gasteiger partial charge in [-0.15, -0.1) is 0 Å². The molecule has 0 aliphatic carbocycles. The fourth-order valence-electron chi connectivity index (χ4n) is 1.97. The Morgan fingerprint density at radius 1 is 1.04 bits per heavy atom. The number of nitrogens with one attached hydrogen (secondary N) is 3. The van der Waals surface area contributed by atoms with Gasteiger partial charge in [0.25, 0.3) is 11.8 Å². The van der Waals surface area contributed by atoms with Gasteiger partial charge < -0.3 is 15.5 Å². The molecule has 0 aliphatic heterocycles. The molecule has 5 nitrogen and oxygen atoms in total. The number of amides is 2. The molecule has 23 heavy (non-hydrogen) atoms. The van der Waals surface area contributed by atoms with Crippen molar-refractivity contribution >= 4 is 17.5 Å². The summed E-state index contributed by atoms with van der Waals surface area (Å²) in [6.07, 6.45) is -4.40. The van der Waals surface area contributed by atoms with Crippen LogP contribution < -0.4 is 15.5 Å². The third-order valence-corrected chi connectivity index (χ3v) is 3.19. The topological polar surface area (TPSA) is 62.6 Å². The van der Waals surface area contributed by atoms with E-state index >= 15 is 0 Å². The molecule has 1 unspecified atom stereocenters. The first-order valence-electron chi connectivity index (χ1n) is 7.33. The molecule has 0 saturated heterocycles. The van der Waals surface area contributed by atoms with Gasteiger partial charge in [0.2, 0.25) is 0 Å². The van der Waals surface area contributed by atoms with Gasteiger partial charge in [-0.2, -0.15) is 13.2 Å². The van der Waals surface area contributed by atoms with Crippen LogP contribution in [0.25, 0.3) is 0 Å². The van der Waals surface area contributed by atoms with E-state index in [1.807, 2.05) is 6.92 Å². The van der Waals surface area contributed by atoms with Crippen LogP contribution in [0.1, 0.15) is 19.4 Å². The Labute approximate surface area is 132 Å². The summed E-state index contributed by atoms with van der Waals surface area (Å²) in [5.74, 6) is -0.502. The summed E-state index contributed by atoms with van der Waals surface area (Å²) in [6.45, 7) is 4.99. The highest BCUT2D eigenvalue weighted by atomic mass is 19.4. The highest BCUT2D eigenvalue weighted by molar-refractivity contribution is 5.91. The Morgan fingerprint density at radius 2 is 1.61 bits per heavy atom. The number of rotatable bonds is 7. The lowest BCUT2D eigenvalue weighted by Gasteiger charge is -2.16. The lowest BCUT2D eigenvalue weighted by atomic mass is 10.2. The zero-order valence-corrected chi connectivity index (χ0v) is 13.1. The van der Waals surface area contributed by atoms with Crippen molar-refractivity contribution in [2.75, 3.05) is 31.5 Å². The molecule has 1 aromatic carbocycles. The van der Waals surface area contributed by atoms with Gasteiger partial charge >= 0.3 is 6.18 Å². The van der Waals surface area contributed by atoms with Crippen LogP contribution in [-0.4, -0.2) is 38.0 Å². The van der Waals surface area contributed by atoms with E-state index in [0.717, 1.165) is 17.0 Å². The van der Waals surface area contributed by atoms with Crippen molar-refractivity contribution in [3.05, 3.63) is 29.8 Å². The van der Waals surface area contributed by atoms with Crippen molar-refractivity contribution in [3.63, 3.8) is 0 Å². The number of hydrogen-bond donors (Lipinski definition) is 3. The van der Waals surface area contributed by atoms with E-state index in [4.69, 9.17) is 0 Å². The first-order valence-corrected chi connectivity index (χ1v) is 7.33. The average Bonchev–Trinajstić information content (AvgIpc) is 2.46. The Hall–Kier alpha value is -2.09. The molecule has 0 radical (unpaired) electrons. The van der Waals surface area contributed by atoms with Crippen LogP contribution in [-0.2, 0) is 15.8 Å². The van der Waals surface area contributed by atoms with Crippen LogP contribution in [0.5, 0.6) is 0 Å². The van der Waals surface area contributed by atoms with E-state index in [0.29, 0.717) is 13.1 Å². The number of halogens is 3. The number of quaternary nitrogens is 1. The van der Waals surface area contributed by atoms with E-state index in [2.05, 4.69) is 10.6 Å². The molecule has 1 rings (SSSR count). The van der Waals surface area contributed by atoms with Gasteiger partial charge in [0.05, 0.1) is 12.1 Å². The normalized spacial score (nSPS) is 12.6. The van der Waals surface area contributed by atoms with Crippen LogP contribution in [0.3, 0.4) is 0 Å². The molecule has 0 fully saturated rings. The minimum absolute atomic E-state index is 0.0641. The van der Waals surface area contributed by atoms with Gasteiger partial charge in [-0.25, -0.2) is 0 Å². The van der Waals surface area contributed by atoms with Gasteiger partial charge in [0, 0.05) is 12.2 Å². The summed E-state index contributed by atoms with van der Waals surface area (Å²) in [6, 6.07) is 4.23. The summed E-state index contributed by atoms with van der Waals surface area (Å²) >= 11 is 0. The molecule has 0 spiro atoms. The van der Waals surface area contributed by atoms with Crippen molar-refractivity contribution in [3.8, 4) is 0 Å². The molecule has 3 N–H and O–H groups in total. The van der Waals surface area contributed by atoms with Crippen LogP contribution >= 0.6 is 0 Å². The summed E-state index contributed by atoms with van der Waals surface area (Å²) in [7, 11) is 0. The second-order valence-corrected chi connectivity index (χ2v) is 5.03. The number of benzene rings is 1. The maximum absolute atomic E-state index is 12.5. The summed E-state index contributed by atoms with van der Waals surface area (Å²) in [5.41, 5.74) is -0.482. The minimum atomic E-state index is -4.40. The van der Waals surface area contributed by atoms with Gasteiger partial charge in [-0.05, 0) is 38.1 Å². The number of alkyl halides is 3. The second-order valence-electron chi connectivity index (χ2n) is 5.03. The fourth-order valence-corrected chi connectivity index (χ4v) is 1.97. The van der Waals surface area contributed by atoms with Gasteiger partial charge in [-0.1, -0.05) is 0 Å². The Kier molecular flexibility index (Phi) is 7.02. The molecule has 2 amide bonds. The SMILES string of the molecule is CCNC(=O)C[NH+](CC)CC(=O)Nc1ccc(C(F)(F)F)cc1. The minimum Gasteiger partial charge on any atom is -0.351 e. The predicted molar refractivity (Wildman–Crippen MR) is 80.0 cm³/mol. The molecule has 0 bridgehead atoms. The number of carbonyl (C=O) groups is 2. The maximum Gasteiger partial charge on any atom is 0.416 e. The third-order valence-electron chi connectivity index (χ3n) is 3.19. The standard InChI is InChI=1S/C15H20F3N3O2/c1-3-19-13(22)9-21(4-2)10-14(23)20-12-7-5-11(6-8-12)15(16,17)18/h5-8H,3-4,9-10H2,1-2H3,(H,19,22)(H,20,23)/p+1. The second kappa shape index (κ2) is 8.52. The fraction of sp³-hybridized carbons (Fsp3) is 0.467. The average molecular weight is 332 g/mol. The Balaban J connectivity index is 2.56. The van der Waals surface area contributed by atoms with Gasteiger partial charge in [-0.3, -0.25) is 9.59 Å². The molecule has 8 heteroatoms. The number of likely N-dealkylation sites (N-methyl/N-ethyl adjacent to an activating group) is 2. The van der Waals surface area contributed by atoms with Crippen molar-refractivity contribution < 1.29 is 27.7 Å². The van der Waals surface area contributed by atoms with Crippen molar-refractivity contribution in [1.29, 1.82) is 0 Å². The summed E-state index contributed by atoms with van der Waals surface area (Å²) < 4.78 is 37.4. The van der Waals surface area contributed by atoms with Crippen LogP contribution in [0.15, 0.2) is 24.3 Å². The zero-order valence-electron chi connectivity index (χ0n) is 13.1. The molecule has 0 heterocycles. The van der Waals surface area contributed by atoms with E-state index in [1.54, 1.807) is 6.92 Å². The van der Waals surface area contributed by atoms with E-state index < -0.39 is 11.7 Å². The molecular formula is C15H21F3N3O2+. The summed E-state index contributed by atoms with van der Waals surface area (Å²) in [4.78, 5) is 24.2. The van der Waals surface area contributed by atoms with Crippen LogP contribution in [0.2, 0.25) is 0 Å². The number of anilines is 1. The zero-order chi connectivity index (χ0) is 17.5. The van der Waals surface area contributed by atoms with Crippen LogP contribution in [0, 0.1) is 0 Å². The molecule has 0 aromatic heterocycles. The van der Waals surface area contributed by atoms with E-state index in [1.165, 1.54) is 12.1 Å². The molecule has 128 valence electrons. The molecule has 0 aliphatic rings. The monoisotopic (exact) mass is 332 g/mol. The Bertz CT molecular complexity index is 530. The largest absolute Gasteiger partial charge is 0.416 e. The smallest absolute Gasteiger partial charge is 0.351 e.